The number of hydrogen-bond acceptors (Lipinski definition) is 9. The first kappa shape index (κ1) is 27.3. The topological polar surface area (TPSA) is 91.7 Å². The van der Waals surface area contributed by atoms with Gasteiger partial charge < -0.3 is 37.9 Å². The smallest absolute Gasteiger partial charge is 0.203 e. The second-order valence-corrected chi connectivity index (χ2v) is 8.18. The van der Waals surface area contributed by atoms with Crippen LogP contribution in [0.15, 0.2) is 48.8 Å². The van der Waals surface area contributed by atoms with Gasteiger partial charge in [-0.1, -0.05) is 0 Å². The Morgan fingerprint density at radius 1 is 0.487 bits per heavy atom. The fourth-order valence-electron chi connectivity index (χ4n) is 4.44. The maximum absolute atomic E-state index is 5.65. The highest BCUT2D eigenvalue weighted by Crippen LogP contribution is 2.46. The van der Waals surface area contributed by atoms with Crippen molar-refractivity contribution in [1.29, 1.82) is 0 Å². The third-order valence-corrected chi connectivity index (χ3v) is 6.29. The summed E-state index contributed by atoms with van der Waals surface area (Å²) in [7, 11) is 12.6. The minimum Gasteiger partial charge on any atom is -0.493 e. The number of hydrogen-bond donors (Lipinski definition) is 0. The van der Waals surface area contributed by atoms with E-state index in [2.05, 4.69) is 0 Å². The molecule has 0 radical (unpaired) electrons. The molecule has 0 N–H and O–H groups in total. The average molecular weight is 537 g/mol. The van der Waals surface area contributed by atoms with Crippen molar-refractivity contribution in [3.8, 4) is 74.2 Å². The quantitative estimate of drug-likeness (QED) is 0.254. The molecule has 39 heavy (non-hydrogen) atoms. The first-order valence-electron chi connectivity index (χ1n) is 11.9. The standard InChI is InChI=1S/C29H32N2O8/c1-32-20-10-9-17(11-21(20)33-2)26-27(18-12-22(34-3)28(38-7)23(13-18)35-4)31(16-30-26)19-14-24(36-5)29(39-8)25(15-19)37-6/h9-16H,1-8H3. The summed E-state index contributed by atoms with van der Waals surface area (Å²) < 4.78 is 46.5. The zero-order valence-electron chi connectivity index (χ0n) is 23.3. The number of imidazole rings is 1. The minimum atomic E-state index is 0.482. The van der Waals surface area contributed by atoms with Gasteiger partial charge in [-0.3, -0.25) is 4.57 Å². The van der Waals surface area contributed by atoms with Gasteiger partial charge in [0.15, 0.2) is 34.5 Å². The number of ether oxygens (including phenoxy) is 8. The monoisotopic (exact) mass is 536 g/mol. The molecule has 0 fully saturated rings. The fraction of sp³-hybridized carbons (Fsp3) is 0.276. The highest BCUT2D eigenvalue weighted by atomic mass is 16.5. The average Bonchev–Trinajstić information content (AvgIpc) is 3.44. The SMILES string of the molecule is COc1ccc(-c2ncn(-c3cc(OC)c(OC)c(OC)c3)c2-c2cc(OC)c(OC)c(OC)c2)cc1OC. The van der Waals surface area contributed by atoms with E-state index in [1.165, 1.54) is 0 Å². The molecule has 4 rings (SSSR count). The van der Waals surface area contributed by atoms with Gasteiger partial charge in [0.25, 0.3) is 0 Å². The van der Waals surface area contributed by atoms with E-state index in [9.17, 15) is 0 Å². The van der Waals surface area contributed by atoms with Gasteiger partial charge in [-0.05, 0) is 30.3 Å². The molecule has 0 aliphatic heterocycles. The molecule has 1 aromatic heterocycles. The molecule has 0 aliphatic rings. The van der Waals surface area contributed by atoms with E-state index >= 15 is 0 Å². The maximum atomic E-state index is 5.65. The van der Waals surface area contributed by atoms with E-state index in [1.807, 2.05) is 47.0 Å². The van der Waals surface area contributed by atoms with Crippen LogP contribution in [0.3, 0.4) is 0 Å². The summed E-state index contributed by atoms with van der Waals surface area (Å²) >= 11 is 0. The molecule has 3 aromatic carbocycles. The Morgan fingerprint density at radius 2 is 0.949 bits per heavy atom. The highest BCUT2D eigenvalue weighted by molar-refractivity contribution is 5.83. The number of benzene rings is 3. The normalized spacial score (nSPS) is 10.6. The highest BCUT2D eigenvalue weighted by Gasteiger charge is 2.23. The second-order valence-electron chi connectivity index (χ2n) is 8.18. The summed E-state index contributed by atoms with van der Waals surface area (Å²) in [6, 6.07) is 13.1. The van der Waals surface area contributed by atoms with E-state index in [0.29, 0.717) is 51.7 Å². The van der Waals surface area contributed by atoms with Crippen LogP contribution in [-0.2, 0) is 0 Å². The van der Waals surface area contributed by atoms with Crippen LogP contribution in [0.25, 0.3) is 28.2 Å². The van der Waals surface area contributed by atoms with Crippen LogP contribution in [0.4, 0.5) is 0 Å². The van der Waals surface area contributed by atoms with Gasteiger partial charge in [0.2, 0.25) is 11.5 Å². The number of methoxy groups -OCH3 is 8. The first-order chi connectivity index (χ1) is 19.0. The Hall–Kier alpha value is -4.73. The van der Waals surface area contributed by atoms with Crippen molar-refractivity contribution in [3.63, 3.8) is 0 Å². The Labute approximate surface area is 227 Å². The summed E-state index contributed by atoms with van der Waals surface area (Å²) in [5, 5.41) is 0. The Kier molecular flexibility index (Phi) is 8.24. The summed E-state index contributed by atoms with van der Waals surface area (Å²) in [5.74, 6) is 4.17. The van der Waals surface area contributed by atoms with Crippen LogP contribution >= 0.6 is 0 Å². The molecule has 0 bridgehead atoms. The predicted octanol–water partition coefficient (Wildman–Crippen LogP) is 5.28. The van der Waals surface area contributed by atoms with Crippen LogP contribution in [-0.4, -0.2) is 66.4 Å². The molecule has 0 atom stereocenters. The van der Waals surface area contributed by atoms with Crippen molar-refractivity contribution in [2.24, 2.45) is 0 Å². The van der Waals surface area contributed by atoms with Gasteiger partial charge in [-0.2, -0.15) is 0 Å². The third-order valence-electron chi connectivity index (χ3n) is 6.29. The van der Waals surface area contributed by atoms with Crippen LogP contribution in [0.1, 0.15) is 0 Å². The van der Waals surface area contributed by atoms with E-state index in [1.54, 1.807) is 63.2 Å². The van der Waals surface area contributed by atoms with Crippen molar-refractivity contribution in [2.45, 2.75) is 0 Å². The lowest BCUT2D eigenvalue weighted by atomic mass is 10.0. The Bertz CT molecular complexity index is 1410. The molecule has 0 saturated carbocycles. The largest absolute Gasteiger partial charge is 0.493 e. The lowest BCUT2D eigenvalue weighted by molar-refractivity contribution is 0.324. The molecular weight excluding hydrogens is 504 g/mol. The first-order valence-corrected chi connectivity index (χ1v) is 11.9. The molecule has 0 spiro atoms. The van der Waals surface area contributed by atoms with Gasteiger partial charge in [0.1, 0.15) is 6.33 Å². The molecule has 0 unspecified atom stereocenters. The Balaban J connectivity index is 2.06. The molecule has 0 saturated heterocycles. The molecule has 10 heteroatoms. The molecule has 0 amide bonds. The molecule has 206 valence electrons. The molecule has 4 aromatic rings. The summed E-state index contributed by atoms with van der Waals surface area (Å²) in [6.45, 7) is 0. The van der Waals surface area contributed by atoms with Gasteiger partial charge in [0, 0.05) is 23.3 Å². The van der Waals surface area contributed by atoms with Crippen molar-refractivity contribution < 1.29 is 37.9 Å². The lowest BCUT2D eigenvalue weighted by Crippen LogP contribution is -2.02. The van der Waals surface area contributed by atoms with Crippen molar-refractivity contribution >= 4 is 0 Å². The number of nitrogens with zero attached hydrogens (tertiary/aromatic N) is 2. The van der Waals surface area contributed by atoms with Crippen LogP contribution in [0.2, 0.25) is 0 Å². The minimum absolute atomic E-state index is 0.482. The van der Waals surface area contributed by atoms with Crippen LogP contribution in [0, 0.1) is 0 Å². The van der Waals surface area contributed by atoms with E-state index < -0.39 is 0 Å². The molecule has 10 nitrogen and oxygen atoms in total. The van der Waals surface area contributed by atoms with E-state index in [0.717, 1.165) is 22.5 Å². The fourth-order valence-corrected chi connectivity index (χ4v) is 4.44. The second kappa shape index (κ2) is 11.8. The van der Waals surface area contributed by atoms with Crippen molar-refractivity contribution in [3.05, 3.63) is 48.8 Å². The molecule has 1 heterocycles. The number of rotatable bonds is 11. The molecular formula is C29H32N2O8. The van der Waals surface area contributed by atoms with Gasteiger partial charge in [-0.25, -0.2) is 4.98 Å². The predicted molar refractivity (Wildman–Crippen MR) is 147 cm³/mol. The van der Waals surface area contributed by atoms with Crippen LogP contribution in [0.5, 0.6) is 46.0 Å². The van der Waals surface area contributed by atoms with Gasteiger partial charge in [-0.15, -0.1) is 0 Å². The van der Waals surface area contributed by atoms with Crippen LogP contribution < -0.4 is 37.9 Å². The Morgan fingerprint density at radius 3 is 1.41 bits per heavy atom. The van der Waals surface area contributed by atoms with Crippen molar-refractivity contribution in [2.75, 3.05) is 56.9 Å². The molecule has 0 aliphatic carbocycles. The zero-order valence-corrected chi connectivity index (χ0v) is 23.3. The summed E-state index contributed by atoms with van der Waals surface area (Å²) in [6.07, 6.45) is 1.73. The number of aromatic nitrogens is 2. The third kappa shape index (κ3) is 4.93. The van der Waals surface area contributed by atoms with Gasteiger partial charge in [0.05, 0.1) is 74.0 Å². The lowest BCUT2D eigenvalue weighted by Gasteiger charge is -2.18. The van der Waals surface area contributed by atoms with E-state index in [-0.39, 0.29) is 0 Å². The van der Waals surface area contributed by atoms with E-state index in [4.69, 9.17) is 42.9 Å². The summed E-state index contributed by atoms with van der Waals surface area (Å²) in [5.41, 5.74) is 3.73. The zero-order chi connectivity index (χ0) is 28.1. The summed E-state index contributed by atoms with van der Waals surface area (Å²) in [4.78, 5) is 4.82. The van der Waals surface area contributed by atoms with Gasteiger partial charge >= 0.3 is 0 Å². The van der Waals surface area contributed by atoms with Crippen molar-refractivity contribution in [1.82, 2.24) is 9.55 Å². The maximum Gasteiger partial charge on any atom is 0.203 e.